The Balaban J connectivity index is 2.32. The first-order valence-corrected chi connectivity index (χ1v) is 5.66. The zero-order chi connectivity index (χ0) is 11.5. The van der Waals surface area contributed by atoms with E-state index in [1.54, 1.807) is 24.3 Å². The Bertz CT molecular complexity index is 466. The maximum Gasteiger partial charge on any atom is 0.133 e. The van der Waals surface area contributed by atoms with Crippen LogP contribution < -0.4 is 10.9 Å². The van der Waals surface area contributed by atoms with Crippen LogP contribution in [0.5, 0.6) is 0 Å². The topological polar surface area (TPSA) is 42.9 Å². The fourth-order valence-electron chi connectivity index (χ4n) is 1.11. The maximum absolute atomic E-state index is 12.0. The van der Waals surface area contributed by atoms with Crippen molar-refractivity contribution in [1.82, 2.24) is 9.97 Å². The maximum atomic E-state index is 12.0. The van der Waals surface area contributed by atoms with Gasteiger partial charge in [-0.2, -0.15) is 0 Å². The number of nitrogens with zero attached hydrogens (tertiary/aromatic N) is 2. The van der Waals surface area contributed by atoms with E-state index in [1.807, 2.05) is 0 Å². The Kier molecular flexibility index (Phi) is 3.19. The van der Waals surface area contributed by atoms with Gasteiger partial charge in [0.25, 0.3) is 0 Å². The molecule has 0 saturated heterocycles. The second-order valence-electron chi connectivity index (χ2n) is 3.13. The van der Waals surface area contributed by atoms with Crippen LogP contribution in [0.3, 0.4) is 0 Å². The number of rotatable bonds is 2. The number of pyridine rings is 2. The Morgan fingerprint density at radius 3 is 1.62 bits per heavy atom. The van der Waals surface area contributed by atoms with E-state index in [9.17, 15) is 4.21 Å². The zero-order valence-corrected chi connectivity index (χ0v) is 9.15. The van der Waals surface area contributed by atoms with Gasteiger partial charge in [-0.3, -0.25) is 0 Å². The third kappa shape index (κ3) is 2.39. The molecule has 0 N–H and O–H groups in total. The van der Waals surface area contributed by atoms with E-state index in [2.05, 4.69) is 9.97 Å². The van der Waals surface area contributed by atoms with E-state index in [0.717, 1.165) is 0 Å². The SMILES string of the molecule is [B]c1ccc(S(=O)c2ccc([B])cn2)nc1. The van der Waals surface area contributed by atoms with Gasteiger partial charge in [0.15, 0.2) is 0 Å². The van der Waals surface area contributed by atoms with Crippen molar-refractivity contribution < 1.29 is 4.21 Å². The van der Waals surface area contributed by atoms with Gasteiger partial charge < -0.3 is 0 Å². The van der Waals surface area contributed by atoms with Crippen LogP contribution in [-0.4, -0.2) is 29.9 Å². The molecule has 16 heavy (non-hydrogen) atoms. The molecule has 2 aromatic rings. The summed E-state index contributed by atoms with van der Waals surface area (Å²) < 4.78 is 12.0. The zero-order valence-electron chi connectivity index (χ0n) is 8.33. The minimum Gasteiger partial charge on any atom is -0.247 e. The van der Waals surface area contributed by atoms with E-state index >= 15 is 0 Å². The van der Waals surface area contributed by atoms with Crippen molar-refractivity contribution in [2.45, 2.75) is 10.1 Å². The molecular weight excluding hydrogens is 218 g/mol. The van der Waals surface area contributed by atoms with Gasteiger partial charge >= 0.3 is 0 Å². The second-order valence-corrected chi connectivity index (χ2v) is 4.50. The summed E-state index contributed by atoms with van der Waals surface area (Å²) in [4.78, 5) is 7.96. The average Bonchev–Trinajstić information content (AvgIpc) is 2.30. The molecule has 0 aliphatic carbocycles. The Morgan fingerprint density at radius 2 is 1.31 bits per heavy atom. The molecule has 74 valence electrons. The van der Waals surface area contributed by atoms with Crippen molar-refractivity contribution >= 4 is 37.4 Å². The van der Waals surface area contributed by atoms with E-state index in [4.69, 9.17) is 15.7 Å². The van der Waals surface area contributed by atoms with Crippen molar-refractivity contribution in [2.24, 2.45) is 0 Å². The summed E-state index contributed by atoms with van der Waals surface area (Å²) in [5.74, 6) is 0. The van der Waals surface area contributed by atoms with Gasteiger partial charge in [0.1, 0.15) is 36.5 Å². The highest BCUT2D eigenvalue weighted by molar-refractivity contribution is 7.84. The molecule has 6 heteroatoms. The lowest BCUT2D eigenvalue weighted by Gasteiger charge is -2.01. The van der Waals surface area contributed by atoms with Crippen LogP contribution in [0.2, 0.25) is 0 Å². The summed E-state index contributed by atoms with van der Waals surface area (Å²) >= 11 is 0. The number of aromatic nitrogens is 2. The molecule has 4 radical (unpaired) electrons. The smallest absolute Gasteiger partial charge is 0.133 e. The standard InChI is InChI=1S/C10H6B2N2OS/c11-7-1-3-9(13-5-7)16(15)10-4-2-8(12)6-14-10/h1-6H. The number of hydrogen-bond acceptors (Lipinski definition) is 3. The molecule has 0 fully saturated rings. The molecule has 0 unspecified atom stereocenters. The first kappa shape index (κ1) is 11.1. The Morgan fingerprint density at radius 1 is 0.875 bits per heavy atom. The summed E-state index contributed by atoms with van der Waals surface area (Å²) in [7, 11) is 9.59. The summed E-state index contributed by atoms with van der Waals surface area (Å²) in [6.45, 7) is 0. The third-order valence-corrected chi connectivity index (χ3v) is 3.14. The predicted octanol–water partition coefficient (Wildman–Crippen LogP) is -0.769. The molecule has 0 aliphatic heterocycles. The molecule has 0 atom stereocenters. The molecular formula is C10H6B2N2OS. The first-order valence-electron chi connectivity index (χ1n) is 4.51. The summed E-state index contributed by atoms with van der Waals surface area (Å²) in [6, 6.07) is 6.53. The highest BCUT2D eigenvalue weighted by Gasteiger charge is 2.08. The highest BCUT2D eigenvalue weighted by Crippen LogP contribution is 2.09. The largest absolute Gasteiger partial charge is 0.247 e. The lowest BCUT2D eigenvalue weighted by molar-refractivity contribution is 0.677. The van der Waals surface area contributed by atoms with Gasteiger partial charge in [0.2, 0.25) is 0 Å². The highest BCUT2D eigenvalue weighted by atomic mass is 32.2. The molecule has 2 rings (SSSR count). The van der Waals surface area contributed by atoms with Crippen LogP contribution >= 0.6 is 0 Å². The van der Waals surface area contributed by atoms with Gasteiger partial charge in [-0.25, -0.2) is 14.2 Å². The molecule has 0 bridgehead atoms. The van der Waals surface area contributed by atoms with Gasteiger partial charge in [0, 0.05) is 12.4 Å². The summed E-state index contributed by atoms with van der Waals surface area (Å²) in [5, 5.41) is 0.845. The van der Waals surface area contributed by atoms with Crippen LogP contribution in [0.4, 0.5) is 0 Å². The lowest BCUT2D eigenvalue weighted by atomic mass is 9.99. The first-order chi connectivity index (χ1) is 7.66. The molecule has 0 aliphatic rings. The van der Waals surface area contributed by atoms with Gasteiger partial charge in [0.05, 0.1) is 0 Å². The van der Waals surface area contributed by atoms with Crippen LogP contribution in [0.25, 0.3) is 0 Å². The van der Waals surface area contributed by atoms with E-state index in [-0.39, 0.29) is 0 Å². The third-order valence-electron chi connectivity index (χ3n) is 1.90. The van der Waals surface area contributed by atoms with Crippen molar-refractivity contribution in [3.05, 3.63) is 36.7 Å². The minimum absolute atomic E-state index is 0.423. The minimum atomic E-state index is -1.40. The molecule has 0 aromatic carbocycles. The molecule has 3 nitrogen and oxygen atoms in total. The van der Waals surface area contributed by atoms with Crippen molar-refractivity contribution in [3.63, 3.8) is 0 Å². The fourth-order valence-corrected chi connectivity index (χ4v) is 2.00. The molecule has 0 amide bonds. The van der Waals surface area contributed by atoms with Gasteiger partial charge in [-0.05, 0) is 12.1 Å². The monoisotopic (exact) mass is 224 g/mol. The van der Waals surface area contributed by atoms with Crippen molar-refractivity contribution in [1.29, 1.82) is 0 Å². The quantitative estimate of drug-likeness (QED) is 0.629. The van der Waals surface area contributed by atoms with Gasteiger partial charge in [-0.15, -0.1) is 0 Å². The molecule has 2 aromatic heterocycles. The van der Waals surface area contributed by atoms with Crippen LogP contribution in [0.1, 0.15) is 0 Å². The van der Waals surface area contributed by atoms with Crippen molar-refractivity contribution in [3.8, 4) is 0 Å². The van der Waals surface area contributed by atoms with E-state index in [0.29, 0.717) is 21.0 Å². The van der Waals surface area contributed by atoms with E-state index in [1.165, 1.54) is 12.4 Å². The van der Waals surface area contributed by atoms with Crippen LogP contribution in [0.15, 0.2) is 46.7 Å². The van der Waals surface area contributed by atoms with Crippen LogP contribution in [0, 0.1) is 0 Å². The summed E-state index contributed by atoms with van der Waals surface area (Å²) in [5.41, 5.74) is 1.07. The van der Waals surface area contributed by atoms with E-state index < -0.39 is 10.8 Å². The lowest BCUT2D eigenvalue weighted by Crippen LogP contribution is -2.08. The Labute approximate surface area is 98.6 Å². The summed E-state index contributed by atoms with van der Waals surface area (Å²) in [6.07, 6.45) is 2.93. The van der Waals surface area contributed by atoms with Crippen LogP contribution in [-0.2, 0) is 10.8 Å². The molecule has 0 saturated carbocycles. The molecule has 0 spiro atoms. The predicted molar refractivity (Wildman–Crippen MR) is 63.9 cm³/mol. The fraction of sp³-hybridized carbons (Fsp3) is 0. The average molecular weight is 224 g/mol. The number of hydrogen-bond donors (Lipinski definition) is 0. The van der Waals surface area contributed by atoms with Gasteiger partial charge in [-0.1, -0.05) is 23.1 Å². The van der Waals surface area contributed by atoms with Crippen molar-refractivity contribution in [2.75, 3.05) is 0 Å². The molecule has 2 heterocycles. The normalized spacial score (nSPS) is 10.6. The Hall–Kier alpha value is -1.42. The second kappa shape index (κ2) is 4.61.